The number of ether oxygens (including phenoxy) is 1. The highest BCUT2D eigenvalue weighted by atomic mass is 16.6. The average Bonchev–Trinajstić information content (AvgIpc) is 3.48. The minimum Gasteiger partial charge on any atom is -0.467 e. The van der Waals surface area contributed by atoms with Gasteiger partial charge in [-0.05, 0) is 36.4 Å². The lowest BCUT2D eigenvalue weighted by atomic mass is 10.3. The van der Waals surface area contributed by atoms with Crippen LogP contribution in [-0.2, 0) is 29.7 Å². The quantitative estimate of drug-likeness (QED) is 0.340. The van der Waals surface area contributed by atoms with Gasteiger partial charge in [0.2, 0.25) is 5.91 Å². The van der Waals surface area contributed by atoms with Gasteiger partial charge in [-0.1, -0.05) is 0 Å². The molecule has 0 saturated carbocycles. The van der Waals surface area contributed by atoms with Crippen molar-refractivity contribution in [2.24, 2.45) is 7.05 Å². The average molecular weight is 469 g/mol. The Morgan fingerprint density at radius 3 is 2.47 bits per heavy atom. The van der Waals surface area contributed by atoms with Gasteiger partial charge >= 0.3 is 6.03 Å². The fourth-order valence-electron chi connectivity index (χ4n) is 3.27. The summed E-state index contributed by atoms with van der Waals surface area (Å²) in [5, 5.41) is 13.5. The van der Waals surface area contributed by atoms with Crippen molar-refractivity contribution in [3.8, 4) is 0 Å². The van der Waals surface area contributed by atoms with Crippen LogP contribution in [-0.4, -0.2) is 58.0 Å². The number of nitro benzene ring substituents is 1. The number of hydrogen-bond donors (Lipinski definition) is 1. The van der Waals surface area contributed by atoms with Crippen molar-refractivity contribution in [2.45, 2.75) is 13.1 Å². The van der Waals surface area contributed by atoms with Crippen LogP contribution in [0.15, 0.2) is 65.4 Å². The lowest BCUT2D eigenvalue weighted by Crippen LogP contribution is -2.45. The number of aryl methyl sites for hydroxylation is 1. The summed E-state index contributed by atoms with van der Waals surface area (Å²) in [7, 11) is 3.40. The maximum atomic E-state index is 13.3. The zero-order valence-electron chi connectivity index (χ0n) is 19.0. The van der Waals surface area contributed by atoms with Crippen molar-refractivity contribution in [1.29, 1.82) is 0 Å². The first-order chi connectivity index (χ1) is 16.4. The van der Waals surface area contributed by atoms with Gasteiger partial charge in [-0.15, -0.1) is 0 Å². The Morgan fingerprint density at radius 2 is 1.88 bits per heavy atom. The first-order valence-electron chi connectivity index (χ1n) is 10.6. The molecule has 34 heavy (non-hydrogen) atoms. The number of nitrogens with zero attached hydrogens (tertiary/aromatic N) is 4. The van der Waals surface area contributed by atoms with E-state index in [4.69, 9.17) is 9.15 Å². The Morgan fingerprint density at radius 1 is 1.12 bits per heavy atom. The molecule has 0 aliphatic heterocycles. The second kappa shape index (κ2) is 11.7. The van der Waals surface area contributed by atoms with Crippen LogP contribution < -0.4 is 5.32 Å². The van der Waals surface area contributed by atoms with E-state index < -0.39 is 11.0 Å². The van der Waals surface area contributed by atoms with E-state index in [9.17, 15) is 19.7 Å². The molecule has 0 atom stereocenters. The van der Waals surface area contributed by atoms with Gasteiger partial charge in [-0.3, -0.25) is 14.9 Å². The number of amides is 3. The van der Waals surface area contributed by atoms with Crippen LogP contribution in [0.4, 0.5) is 16.2 Å². The predicted octanol–water partition coefficient (Wildman–Crippen LogP) is 3.24. The van der Waals surface area contributed by atoms with Gasteiger partial charge in [0, 0.05) is 50.4 Å². The molecular formula is C23H27N5O6. The van der Waals surface area contributed by atoms with Gasteiger partial charge in [0.05, 0.1) is 30.9 Å². The van der Waals surface area contributed by atoms with Gasteiger partial charge in [0.1, 0.15) is 12.3 Å². The van der Waals surface area contributed by atoms with Crippen LogP contribution in [0, 0.1) is 10.1 Å². The first-order valence-corrected chi connectivity index (χ1v) is 10.6. The van der Waals surface area contributed by atoms with Crippen LogP contribution >= 0.6 is 0 Å². The highest BCUT2D eigenvalue weighted by molar-refractivity contribution is 5.92. The number of anilines is 1. The smallest absolute Gasteiger partial charge is 0.322 e. The molecule has 3 amide bonds. The molecule has 0 fully saturated rings. The summed E-state index contributed by atoms with van der Waals surface area (Å²) in [5.74, 6) is 0.355. The van der Waals surface area contributed by atoms with Crippen LogP contribution in [0.25, 0.3) is 0 Å². The molecule has 2 aromatic heterocycles. The van der Waals surface area contributed by atoms with Crippen LogP contribution in [0.1, 0.15) is 11.5 Å². The Hall–Kier alpha value is -4.12. The minimum absolute atomic E-state index is 0.0846. The van der Waals surface area contributed by atoms with E-state index in [0.717, 1.165) is 5.69 Å². The van der Waals surface area contributed by atoms with Crippen molar-refractivity contribution in [3.63, 3.8) is 0 Å². The van der Waals surface area contributed by atoms with Gasteiger partial charge in [-0.25, -0.2) is 4.79 Å². The second-order valence-electron chi connectivity index (χ2n) is 7.59. The summed E-state index contributed by atoms with van der Waals surface area (Å²) in [4.78, 5) is 39.5. The molecule has 11 heteroatoms. The molecule has 0 aliphatic carbocycles. The SMILES string of the molecule is COCCN(CC(=O)N(Cc1ccco1)Cc1cccn1C)C(=O)Nc1ccc([N+](=O)[O-])cc1. The number of benzene rings is 1. The molecule has 3 rings (SSSR count). The number of carbonyl (C=O) groups is 2. The van der Waals surface area contributed by atoms with Crippen molar-refractivity contribution < 1.29 is 23.7 Å². The Labute approximate surface area is 196 Å². The number of nitro groups is 1. The summed E-state index contributed by atoms with van der Waals surface area (Å²) in [6.45, 7) is 0.814. The van der Waals surface area contributed by atoms with Gasteiger partial charge in [0.15, 0.2) is 0 Å². The van der Waals surface area contributed by atoms with E-state index in [1.165, 1.54) is 36.3 Å². The summed E-state index contributed by atoms with van der Waals surface area (Å²) < 4.78 is 12.5. The van der Waals surface area contributed by atoms with E-state index in [2.05, 4.69) is 5.32 Å². The molecule has 0 unspecified atom stereocenters. The highest BCUT2D eigenvalue weighted by Crippen LogP contribution is 2.16. The first kappa shape index (κ1) is 24.5. The number of nitrogens with one attached hydrogen (secondary N) is 1. The van der Waals surface area contributed by atoms with Crippen molar-refractivity contribution in [2.75, 3.05) is 32.1 Å². The third-order valence-corrected chi connectivity index (χ3v) is 5.19. The van der Waals surface area contributed by atoms with Crippen molar-refractivity contribution in [1.82, 2.24) is 14.4 Å². The lowest BCUT2D eigenvalue weighted by molar-refractivity contribution is -0.384. The topological polar surface area (TPSA) is 123 Å². The summed E-state index contributed by atoms with van der Waals surface area (Å²) in [5.41, 5.74) is 1.22. The maximum absolute atomic E-state index is 13.3. The molecule has 0 aliphatic rings. The van der Waals surface area contributed by atoms with Crippen LogP contribution in [0.3, 0.4) is 0 Å². The number of hydrogen-bond acceptors (Lipinski definition) is 6. The molecule has 0 saturated heterocycles. The van der Waals surface area contributed by atoms with Crippen molar-refractivity contribution >= 4 is 23.3 Å². The second-order valence-corrected chi connectivity index (χ2v) is 7.59. The number of non-ortho nitro benzene ring substituents is 1. The fourth-order valence-corrected chi connectivity index (χ4v) is 3.27. The molecule has 11 nitrogen and oxygen atoms in total. The Kier molecular flexibility index (Phi) is 8.41. The standard InChI is InChI=1S/C23H27N5O6/c1-25-11-3-5-20(25)15-27(16-21-6-4-13-34-21)22(29)17-26(12-14-33-2)23(30)24-18-7-9-19(10-8-18)28(31)32/h3-11,13H,12,14-17H2,1-2H3,(H,24,30). The Balaban J connectivity index is 1.73. The summed E-state index contributed by atoms with van der Waals surface area (Å²) >= 11 is 0. The normalized spacial score (nSPS) is 10.6. The molecule has 2 heterocycles. The Bertz CT molecular complexity index is 1090. The molecule has 0 spiro atoms. The van der Waals surface area contributed by atoms with Crippen molar-refractivity contribution in [3.05, 3.63) is 82.6 Å². The maximum Gasteiger partial charge on any atom is 0.322 e. The van der Waals surface area contributed by atoms with E-state index in [-0.39, 0.29) is 37.8 Å². The zero-order valence-corrected chi connectivity index (χ0v) is 19.0. The number of furan rings is 1. The lowest BCUT2D eigenvalue weighted by Gasteiger charge is -2.27. The monoisotopic (exact) mass is 469 g/mol. The fraction of sp³-hybridized carbons (Fsp3) is 0.304. The molecular weight excluding hydrogens is 442 g/mol. The number of carbonyl (C=O) groups excluding carboxylic acids is 2. The molecule has 3 aromatic rings. The van der Waals surface area contributed by atoms with E-state index >= 15 is 0 Å². The molecule has 1 aromatic carbocycles. The van der Waals surface area contributed by atoms with Gasteiger partial charge in [0.25, 0.3) is 5.69 Å². The predicted molar refractivity (Wildman–Crippen MR) is 124 cm³/mol. The van der Waals surface area contributed by atoms with Gasteiger partial charge < -0.3 is 28.8 Å². The molecule has 180 valence electrons. The van der Waals surface area contributed by atoms with E-state index in [1.54, 1.807) is 23.3 Å². The summed E-state index contributed by atoms with van der Waals surface area (Å²) in [6, 6.07) is 12.3. The zero-order chi connectivity index (χ0) is 24.5. The largest absolute Gasteiger partial charge is 0.467 e. The summed E-state index contributed by atoms with van der Waals surface area (Å²) in [6.07, 6.45) is 3.44. The van der Waals surface area contributed by atoms with E-state index in [0.29, 0.717) is 18.0 Å². The number of urea groups is 1. The number of rotatable bonds is 11. The number of aromatic nitrogens is 1. The van der Waals surface area contributed by atoms with Crippen LogP contribution in [0.5, 0.6) is 0 Å². The van der Waals surface area contributed by atoms with E-state index in [1.807, 2.05) is 29.9 Å². The minimum atomic E-state index is -0.518. The third-order valence-electron chi connectivity index (χ3n) is 5.19. The third kappa shape index (κ3) is 6.69. The molecule has 1 N–H and O–H groups in total. The molecule has 0 radical (unpaired) electrons. The highest BCUT2D eigenvalue weighted by Gasteiger charge is 2.23. The van der Waals surface area contributed by atoms with Crippen LogP contribution in [0.2, 0.25) is 0 Å². The van der Waals surface area contributed by atoms with Gasteiger partial charge in [-0.2, -0.15) is 0 Å². The molecule has 0 bridgehead atoms. The number of methoxy groups -OCH3 is 1.